The molecule has 0 spiro atoms. The SMILES string of the molecule is Cc1ccc(N2C(=O)[C@H]3[C@H](ON(c4ccccc4)[C@@H]3c3ccccc3)C2=O)cc1. The van der Waals surface area contributed by atoms with E-state index in [-0.39, 0.29) is 17.9 Å². The Morgan fingerprint density at radius 2 is 1.34 bits per heavy atom. The van der Waals surface area contributed by atoms with Crippen LogP contribution >= 0.6 is 0 Å². The molecule has 2 saturated heterocycles. The largest absolute Gasteiger partial charge is 0.273 e. The summed E-state index contributed by atoms with van der Waals surface area (Å²) in [5, 5.41) is 1.72. The molecule has 144 valence electrons. The Kier molecular flexibility index (Phi) is 4.18. The first-order chi connectivity index (χ1) is 14.1. The van der Waals surface area contributed by atoms with Crippen molar-refractivity contribution >= 4 is 23.2 Å². The Morgan fingerprint density at radius 3 is 2.00 bits per heavy atom. The van der Waals surface area contributed by atoms with Crippen LogP contribution in [0, 0.1) is 12.8 Å². The van der Waals surface area contributed by atoms with Gasteiger partial charge in [0.05, 0.1) is 17.4 Å². The molecule has 2 heterocycles. The number of fused-ring (bicyclic) bond motifs is 1. The van der Waals surface area contributed by atoms with Gasteiger partial charge in [0, 0.05) is 0 Å². The maximum atomic E-state index is 13.4. The van der Waals surface area contributed by atoms with Crippen molar-refractivity contribution < 1.29 is 14.4 Å². The van der Waals surface area contributed by atoms with Crippen molar-refractivity contribution in [2.24, 2.45) is 5.92 Å². The Labute approximate surface area is 169 Å². The standard InChI is InChI=1S/C24H20N2O3/c1-16-12-14-18(15-13-16)25-23(27)20-21(17-8-4-2-5-9-17)26(29-22(20)24(25)28)19-10-6-3-7-11-19/h2-15,20-22H,1H3/t20-,21-,22+/m1/s1. The second-order valence-corrected chi connectivity index (χ2v) is 7.42. The van der Waals surface area contributed by atoms with Gasteiger partial charge < -0.3 is 0 Å². The van der Waals surface area contributed by atoms with Crippen molar-refractivity contribution in [3.05, 3.63) is 96.1 Å². The van der Waals surface area contributed by atoms with Crippen LogP contribution in [0.1, 0.15) is 17.2 Å². The first-order valence-corrected chi connectivity index (χ1v) is 9.65. The van der Waals surface area contributed by atoms with E-state index in [1.54, 1.807) is 17.2 Å². The molecule has 3 aromatic rings. The van der Waals surface area contributed by atoms with E-state index in [1.165, 1.54) is 4.90 Å². The summed E-state index contributed by atoms with van der Waals surface area (Å²) in [6.07, 6.45) is -0.839. The summed E-state index contributed by atoms with van der Waals surface area (Å²) in [5.41, 5.74) is 3.41. The minimum absolute atomic E-state index is 0.226. The van der Waals surface area contributed by atoms with Crippen molar-refractivity contribution in [2.45, 2.75) is 19.1 Å². The lowest BCUT2D eigenvalue weighted by atomic mass is 9.90. The molecule has 0 aliphatic carbocycles. The molecular weight excluding hydrogens is 364 g/mol. The third-order valence-electron chi connectivity index (χ3n) is 5.56. The zero-order valence-electron chi connectivity index (χ0n) is 15.9. The summed E-state index contributed by atoms with van der Waals surface area (Å²) in [7, 11) is 0. The van der Waals surface area contributed by atoms with Crippen molar-refractivity contribution in [2.75, 3.05) is 9.96 Å². The van der Waals surface area contributed by atoms with Crippen molar-refractivity contribution in [1.82, 2.24) is 0 Å². The molecule has 2 fully saturated rings. The van der Waals surface area contributed by atoms with E-state index < -0.39 is 12.0 Å². The number of benzene rings is 3. The fourth-order valence-corrected chi connectivity index (χ4v) is 4.15. The lowest BCUT2D eigenvalue weighted by Crippen LogP contribution is -2.37. The number of para-hydroxylation sites is 1. The summed E-state index contributed by atoms with van der Waals surface area (Å²) in [6, 6.07) is 26.4. The van der Waals surface area contributed by atoms with Gasteiger partial charge >= 0.3 is 0 Å². The quantitative estimate of drug-likeness (QED) is 0.640. The first kappa shape index (κ1) is 17.6. The van der Waals surface area contributed by atoms with Gasteiger partial charge in [-0.25, -0.2) is 9.96 Å². The predicted octanol–water partition coefficient (Wildman–Crippen LogP) is 4.05. The summed E-state index contributed by atoms with van der Waals surface area (Å²) in [5.74, 6) is -1.15. The van der Waals surface area contributed by atoms with Crippen LogP contribution in [-0.4, -0.2) is 17.9 Å². The molecular formula is C24H20N2O3. The lowest BCUT2D eigenvalue weighted by molar-refractivity contribution is -0.126. The van der Waals surface area contributed by atoms with Gasteiger partial charge in [0.15, 0.2) is 6.10 Å². The molecule has 3 aromatic carbocycles. The van der Waals surface area contributed by atoms with E-state index in [2.05, 4.69) is 0 Å². The maximum absolute atomic E-state index is 13.4. The van der Waals surface area contributed by atoms with Crippen LogP contribution in [0.2, 0.25) is 0 Å². The van der Waals surface area contributed by atoms with Gasteiger partial charge in [0.25, 0.3) is 5.91 Å². The average molecular weight is 384 g/mol. The number of rotatable bonds is 3. The molecule has 0 aromatic heterocycles. The molecule has 0 N–H and O–H groups in total. The van der Waals surface area contributed by atoms with Gasteiger partial charge in [-0.2, -0.15) is 0 Å². The number of imide groups is 1. The lowest BCUT2D eigenvalue weighted by Gasteiger charge is -2.28. The van der Waals surface area contributed by atoms with Gasteiger partial charge in [-0.15, -0.1) is 0 Å². The van der Waals surface area contributed by atoms with Crippen LogP contribution in [0.4, 0.5) is 11.4 Å². The van der Waals surface area contributed by atoms with Crippen LogP contribution in [0.5, 0.6) is 0 Å². The Balaban J connectivity index is 1.58. The molecule has 0 unspecified atom stereocenters. The Morgan fingerprint density at radius 1 is 0.724 bits per heavy atom. The highest BCUT2D eigenvalue weighted by atomic mass is 16.7. The molecule has 5 nitrogen and oxygen atoms in total. The highest BCUT2D eigenvalue weighted by Gasteiger charge is 2.60. The molecule has 2 aliphatic heterocycles. The van der Waals surface area contributed by atoms with Crippen LogP contribution in [0.3, 0.4) is 0 Å². The number of aryl methyl sites for hydroxylation is 1. The van der Waals surface area contributed by atoms with Crippen LogP contribution in [-0.2, 0) is 14.4 Å². The average Bonchev–Trinajstić information content (AvgIpc) is 3.27. The minimum Gasteiger partial charge on any atom is -0.273 e. The topological polar surface area (TPSA) is 49.9 Å². The summed E-state index contributed by atoms with van der Waals surface area (Å²) >= 11 is 0. The van der Waals surface area contributed by atoms with Gasteiger partial charge in [-0.3, -0.25) is 14.4 Å². The predicted molar refractivity (Wildman–Crippen MR) is 110 cm³/mol. The number of nitrogens with zero attached hydrogens (tertiary/aromatic N) is 2. The smallest absolute Gasteiger partial charge is 0.266 e. The molecule has 2 amide bonds. The molecule has 5 rings (SSSR count). The number of anilines is 2. The third-order valence-corrected chi connectivity index (χ3v) is 5.56. The number of hydrogen-bond acceptors (Lipinski definition) is 4. The zero-order chi connectivity index (χ0) is 20.0. The number of hydrogen-bond donors (Lipinski definition) is 0. The molecule has 5 heteroatoms. The molecule has 3 atom stereocenters. The van der Waals surface area contributed by atoms with E-state index in [0.29, 0.717) is 5.69 Å². The summed E-state index contributed by atoms with van der Waals surface area (Å²) in [6.45, 7) is 1.97. The van der Waals surface area contributed by atoms with Crippen LogP contribution < -0.4 is 9.96 Å². The molecule has 0 saturated carbocycles. The molecule has 0 bridgehead atoms. The van der Waals surface area contributed by atoms with Crippen molar-refractivity contribution in [1.29, 1.82) is 0 Å². The third kappa shape index (κ3) is 2.82. The molecule has 2 aliphatic rings. The Hall–Kier alpha value is -3.44. The van der Waals surface area contributed by atoms with E-state index in [1.807, 2.05) is 79.7 Å². The number of hydroxylamine groups is 1. The fraction of sp³-hybridized carbons (Fsp3) is 0.167. The monoisotopic (exact) mass is 384 g/mol. The zero-order valence-corrected chi connectivity index (χ0v) is 15.9. The van der Waals surface area contributed by atoms with E-state index in [0.717, 1.165) is 16.8 Å². The molecule has 29 heavy (non-hydrogen) atoms. The summed E-state index contributed by atoms with van der Waals surface area (Å²) < 4.78 is 0. The second kappa shape index (κ2) is 6.87. The van der Waals surface area contributed by atoms with Crippen molar-refractivity contribution in [3.8, 4) is 0 Å². The van der Waals surface area contributed by atoms with E-state index in [9.17, 15) is 9.59 Å². The maximum Gasteiger partial charge on any atom is 0.266 e. The van der Waals surface area contributed by atoms with Crippen LogP contribution in [0.25, 0.3) is 0 Å². The highest BCUT2D eigenvalue weighted by molar-refractivity contribution is 6.23. The minimum atomic E-state index is -0.839. The molecule has 0 radical (unpaired) electrons. The van der Waals surface area contributed by atoms with Gasteiger partial charge in [-0.1, -0.05) is 66.2 Å². The Bertz CT molecular complexity index is 1050. The van der Waals surface area contributed by atoms with E-state index >= 15 is 0 Å². The van der Waals surface area contributed by atoms with Crippen LogP contribution in [0.15, 0.2) is 84.9 Å². The van der Waals surface area contributed by atoms with Crippen molar-refractivity contribution in [3.63, 3.8) is 0 Å². The highest BCUT2D eigenvalue weighted by Crippen LogP contribution is 2.47. The van der Waals surface area contributed by atoms with Gasteiger partial charge in [0.2, 0.25) is 5.91 Å². The number of carbonyl (C=O) groups is 2. The summed E-state index contributed by atoms with van der Waals surface area (Å²) in [4.78, 5) is 34.0. The van der Waals surface area contributed by atoms with Gasteiger partial charge in [-0.05, 0) is 36.8 Å². The number of amides is 2. The first-order valence-electron chi connectivity index (χ1n) is 9.65. The normalized spacial score (nSPS) is 23.6. The van der Waals surface area contributed by atoms with E-state index in [4.69, 9.17) is 4.84 Å². The second-order valence-electron chi connectivity index (χ2n) is 7.42. The number of carbonyl (C=O) groups excluding carboxylic acids is 2. The van der Waals surface area contributed by atoms with Gasteiger partial charge in [0.1, 0.15) is 5.92 Å². The fourth-order valence-electron chi connectivity index (χ4n) is 4.15.